The van der Waals surface area contributed by atoms with Crippen LogP contribution in [-0.4, -0.2) is 15.0 Å². The monoisotopic (exact) mass is 558 g/mol. The zero-order valence-electron chi connectivity index (χ0n) is 38.9. The number of benzene rings is 5. The molecule has 6 aromatic rings. The van der Waals surface area contributed by atoms with Crippen LogP contribution in [0.4, 0.5) is 0 Å². The lowest BCUT2D eigenvalue weighted by atomic mass is 9.67. The molecular weight excluding hydrogens is 510 g/mol. The van der Waals surface area contributed by atoms with Gasteiger partial charge in [-0.1, -0.05) is 140 Å². The number of hydrogen-bond donors (Lipinski definition) is 0. The molecule has 3 nitrogen and oxygen atoms in total. The number of nitrogens with zero attached hydrogens (tertiary/aromatic N) is 3. The summed E-state index contributed by atoms with van der Waals surface area (Å²) in [4.78, 5) is 13.9. The lowest BCUT2D eigenvalue weighted by molar-refractivity contribution is 0.353. The minimum absolute atomic E-state index is 0.0288. The quantitative estimate of drug-likeness (QED) is 0.216. The van der Waals surface area contributed by atoms with E-state index in [4.69, 9.17) is 13.7 Å². The van der Waals surface area contributed by atoms with Crippen LogP contribution in [0.1, 0.15) is 66.3 Å². The third-order valence-corrected chi connectivity index (χ3v) is 7.27. The second-order valence-electron chi connectivity index (χ2n) is 9.74. The Morgan fingerprint density at radius 3 is 1.71 bits per heavy atom. The summed E-state index contributed by atoms with van der Waals surface area (Å²) >= 11 is 0. The molecule has 1 spiro atoms. The summed E-state index contributed by atoms with van der Waals surface area (Å²) in [6.45, 7) is 0. The normalized spacial score (nSPS) is 26.7. The van der Waals surface area contributed by atoms with Crippen molar-refractivity contribution in [2.45, 2.75) is 37.3 Å². The van der Waals surface area contributed by atoms with Crippen LogP contribution in [0.5, 0.6) is 0 Å². The van der Waals surface area contributed by atoms with Gasteiger partial charge in [-0.25, -0.2) is 15.0 Å². The summed E-state index contributed by atoms with van der Waals surface area (Å²) < 4.78 is 154. The summed E-state index contributed by atoms with van der Waals surface area (Å²) in [5.41, 5.74) is -4.91. The summed E-state index contributed by atoms with van der Waals surface area (Å²) in [5, 5.41) is 0. The fraction of sp³-hybridized carbons (Fsp3) is 0.154. The van der Waals surface area contributed by atoms with Crippen LogP contribution < -0.4 is 0 Å². The molecule has 0 radical (unpaired) electrons. The first-order valence-electron chi connectivity index (χ1n) is 21.7. The van der Waals surface area contributed by atoms with Gasteiger partial charge < -0.3 is 0 Å². The standard InChI is InChI=1S/C39H31N3/c1-4-12-27(13-5-1)28-18-20-30(21-19-28)37-40-36(29-14-6-2-7-15-29)41-38(42-37)31-22-23-33-32-16-8-9-17-34(32)39(35(33)26-31)24-10-3-11-25-39/h1-2,4-9,12-23,26H,3,10-11,24-25H2/i3D2,8D,9D,10D2,11D2,16D,17D,22D,23D,24D2,25D2,26D. The molecule has 0 bridgehead atoms. The first kappa shape index (κ1) is 13.0. The Balaban J connectivity index is 1.50. The van der Waals surface area contributed by atoms with Gasteiger partial charge in [0, 0.05) is 35.8 Å². The zero-order chi connectivity index (χ0) is 43.0. The molecule has 0 amide bonds. The molecule has 1 heterocycles. The highest BCUT2D eigenvalue weighted by molar-refractivity contribution is 5.83. The van der Waals surface area contributed by atoms with Crippen molar-refractivity contribution < 1.29 is 23.3 Å². The first-order chi connectivity index (χ1) is 27.5. The Bertz CT molecular complexity index is 2690. The molecule has 0 N–H and O–H groups in total. The number of aromatic nitrogens is 3. The maximum atomic E-state index is 9.78. The molecule has 5 aromatic carbocycles. The Labute approximate surface area is 270 Å². The van der Waals surface area contributed by atoms with Crippen molar-refractivity contribution in [2.75, 3.05) is 0 Å². The maximum Gasteiger partial charge on any atom is 0.164 e. The molecule has 0 saturated heterocycles. The lowest BCUT2D eigenvalue weighted by Crippen LogP contribution is -2.28. The molecule has 0 atom stereocenters. The van der Waals surface area contributed by atoms with Crippen molar-refractivity contribution in [3.05, 3.63) is 138 Å². The van der Waals surface area contributed by atoms with Gasteiger partial charge in [0.2, 0.25) is 0 Å². The van der Waals surface area contributed by atoms with Crippen LogP contribution in [-0.2, 0) is 5.41 Å². The molecule has 8 rings (SSSR count). The van der Waals surface area contributed by atoms with Crippen molar-refractivity contribution in [1.29, 1.82) is 0 Å². The Morgan fingerprint density at radius 1 is 0.500 bits per heavy atom. The van der Waals surface area contributed by atoms with Crippen LogP contribution in [0.3, 0.4) is 0 Å². The second kappa shape index (κ2) is 10.2. The van der Waals surface area contributed by atoms with Crippen LogP contribution >= 0.6 is 0 Å². The summed E-state index contributed by atoms with van der Waals surface area (Å²) in [5.74, 6) is -0.373. The van der Waals surface area contributed by atoms with E-state index in [1.807, 2.05) is 42.5 Å². The maximum absolute atomic E-state index is 9.78. The Kier molecular flexibility index (Phi) is 3.14. The molecule has 3 heteroatoms. The van der Waals surface area contributed by atoms with Crippen LogP contribution in [0.15, 0.2) is 127 Å². The SMILES string of the molecule is [2H]c1c([2H])c([2H])c2c(c1[2H])-c1c([2H])c([2H])c(-c3nc(-c4ccccc4)nc(-c4ccc(-c5ccccc5)cc4)n3)c([2H])c1C21C([2H])([2H])C([2H])([2H])C([2H])([2H])C([2H])([2H])C1([2H])[2H]. The predicted octanol–water partition coefficient (Wildman–Crippen LogP) is 9.77. The topological polar surface area (TPSA) is 38.7 Å². The van der Waals surface area contributed by atoms with E-state index in [0.29, 0.717) is 11.1 Å². The van der Waals surface area contributed by atoms with Crippen molar-refractivity contribution in [3.8, 4) is 56.4 Å². The van der Waals surface area contributed by atoms with Crippen LogP contribution in [0.2, 0.25) is 0 Å². The van der Waals surface area contributed by atoms with Crippen molar-refractivity contribution >= 4 is 0 Å². The predicted molar refractivity (Wildman–Crippen MR) is 171 cm³/mol. The fourth-order valence-corrected chi connectivity index (χ4v) is 5.23. The van der Waals surface area contributed by atoms with E-state index < -0.39 is 113 Å². The smallest absolute Gasteiger partial charge is 0.164 e. The molecule has 202 valence electrons. The molecular formula is C39H31N3. The Morgan fingerprint density at radius 2 is 1.02 bits per heavy atom. The second-order valence-corrected chi connectivity index (χ2v) is 9.74. The number of hydrogen-bond acceptors (Lipinski definition) is 3. The van der Waals surface area contributed by atoms with Gasteiger partial charge in [0.15, 0.2) is 17.5 Å². The van der Waals surface area contributed by atoms with Gasteiger partial charge in [-0.3, -0.25) is 0 Å². The lowest BCUT2D eigenvalue weighted by Gasteiger charge is -2.36. The molecule has 1 aromatic heterocycles. The van der Waals surface area contributed by atoms with Gasteiger partial charge in [-0.05, 0) is 52.2 Å². The molecule has 0 unspecified atom stereocenters. The highest BCUT2D eigenvalue weighted by Gasteiger charge is 2.43. The zero-order valence-corrected chi connectivity index (χ0v) is 21.9. The van der Waals surface area contributed by atoms with E-state index in [1.165, 1.54) is 0 Å². The largest absolute Gasteiger partial charge is 0.208 e. The molecule has 2 aliphatic rings. The highest BCUT2D eigenvalue weighted by Crippen LogP contribution is 2.56. The average molecular weight is 559 g/mol. The van der Waals surface area contributed by atoms with Gasteiger partial charge in [0.05, 0.1) is 9.60 Å². The summed E-state index contributed by atoms with van der Waals surface area (Å²) in [7, 11) is 0. The fourth-order valence-electron chi connectivity index (χ4n) is 5.23. The van der Waals surface area contributed by atoms with Gasteiger partial charge >= 0.3 is 0 Å². The molecule has 2 aliphatic carbocycles. The van der Waals surface area contributed by atoms with Crippen LogP contribution in [0, 0.1) is 0 Å². The number of rotatable bonds is 4. The average Bonchev–Trinajstić information content (AvgIpc) is 3.56. The summed E-state index contributed by atoms with van der Waals surface area (Å²) in [6.07, 6.45) is -19.8. The van der Waals surface area contributed by atoms with E-state index in [-0.39, 0.29) is 11.6 Å². The first-order valence-corrected chi connectivity index (χ1v) is 13.2. The van der Waals surface area contributed by atoms with Crippen molar-refractivity contribution in [3.63, 3.8) is 0 Å². The number of fused-ring (bicyclic) bond motifs is 5. The minimum atomic E-state index is -3.97. The molecule has 1 saturated carbocycles. The van der Waals surface area contributed by atoms with Gasteiger partial charge in [-0.2, -0.15) is 0 Å². The van der Waals surface area contributed by atoms with Gasteiger partial charge in [0.1, 0.15) is 0 Å². The molecule has 1 fully saturated rings. The van der Waals surface area contributed by atoms with E-state index in [9.17, 15) is 9.60 Å². The van der Waals surface area contributed by atoms with Crippen molar-refractivity contribution in [1.82, 2.24) is 15.0 Å². The van der Waals surface area contributed by atoms with Gasteiger partial charge in [-0.15, -0.1) is 0 Å². The highest BCUT2D eigenvalue weighted by atomic mass is 15.0. The summed E-state index contributed by atoms with van der Waals surface area (Å²) in [6, 6.07) is 18.5. The third-order valence-electron chi connectivity index (χ3n) is 7.27. The van der Waals surface area contributed by atoms with E-state index in [0.717, 1.165) is 11.1 Å². The Hall–Kier alpha value is -4.89. The van der Waals surface area contributed by atoms with Crippen LogP contribution in [0.25, 0.3) is 56.4 Å². The minimum Gasteiger partial charge on any atom is -0.208 e. The molecule has 0 aliphatic heterocycles. The van der Waals surface area contributed by atoms with Crippen molar-refractivity contribution in [2.24, 2.45) is 0 Å². The van der Waals surface area contributed by atoms with E-state index in [2.05, 4.69) is 15.0 Å². The van der Waals surface area contributed by atoms with Gasteiger partial charge in [0.25, 0.3) is 0 Å². The third kappa shape index (κ3) is 4.16. The van der Waals surface area contributed by atoms with E-state index in [1.54, 1.807) is 42.5 Å². The molecule has 42 heavy (non-hydrogen) atoms. The van der Waals surface area contributed by atoms with E-state index >= 15 is 0 Å².